The number of ketones is 1. The summed E-state index contributed by atoms with van der Waals surface area (Å²) in [5, 5.41) is 0. The van der Waals surface area contributed by atoms with Gasteiger partial charge < -0.3 is 5.48 Å². The molecule has 0 amide bonds. The van der Waals surface area contributed by atoms with Crippen molar-refractivity contribution in [3.8, 4) is 0 Å². The average Bonchev–Trinajstić information content (AvgIpc) is 2.29. The molecule has 0 bridgehead atoms. The van der Waals surface area contributed by atoms with Gasteiger partial charge in [-0.25, -0.2) is 0 Å². The number of carbonyl (C=O) groups is 1. The molecule has 0 saturated heterocycles. The van der Waals surface area contributed by atoms with Gasteiger partial charge in [-0.2, -0.15) is 8.78 Å². The Balaban J connectivity index is -0.000000224. The van der Waals surface area contributed by atoms with Crippen LogP contribution in [-0.4, -0.2) is 23.2 Å². The Morgan fingerprint density at radius 1 is 1.24 bits per heavy atom. The first-order valence-corrected chi connectivity index (χ1v) is 6.56. The highest BCUT2D eigenvalue weighted by atomic mass is 31.1. The lowest BCUT2D eigenvalue weighted by atomic mass is 10.2. The molecule has 0 aromatic heterocycles. The van der Waals surface area contributed by atoms with Gasteiger partial charge >= 0.3 is 5.66 Å². The van der Waals surface area contributed by atoms with Gasteiger partial charge in [-0.3, -0.25) is 4.79 Å². The molecule has 102 valence electrons. The highest BCUT2D eigenvalue weighted by Gasteiger charge is 2.32. The quantitative estimate of drug-likeness (QED) is 0.393. The van der Waals surface area contributed by atoms with E-state index in [-0.39, 0.29) is 5.48 Å². The number of alkyl halides is 2. The molecule has 5 heteroatoms. The van der Waals surface area contributed by atoms with Crippen LogP contribution in [0.5, 0.6) is 0 Å². The molecule has 2 N–H and O–H groups in total. The van der Waals surface area contributed by atoms with Crippen LogP contribution in [0.3, 0.4) is 0 Å². The monoisotopic (exact) mass is 268 g/mol. The Morgan fingerprint density at radius 3 is 1.82 bits per heavy atom. The minimum Gasteiger partial charge on any atom is -0.412 e. The van der Waals surface area contributed by atoms with Crippen LogP contribution in [0.1, 0.15) is 46.0 Å². The third kappa shape index (κ3) is 13.3. The minimum absolute atomic E-state index is 0. The lowest BCUT2D eigenvalue weighted by Gasteiger charge is -2.03. The van der Waals surface area contributed by atoms with E-state index in [1.54, 1.807) is 0 Å². The topological polar surface area (TPSA) is 48.6 Å². The summed E-state index contributed by atoms with van der Waals surface area (Å²) in [6.45, 7) is 7.40. The molecule has 0 aromatic carbocycles. The van der Waals surface area contributed by atoms with Gasteiger partial charge in [0.15, 0.2) is 0 Å². The molecule has 0 unspecified atom stereocenters. The highest BCUT2D eigenvalue weighted by molar-refractivity contribution is 7.39. The lowest BCUT2D eigenvalue weighted by Crippen LogP contribution is -2.18. The van der Waals surface area contributed by atoms with E-state index in [1.807, 2.05) is 0 Å². The van der Waals surface area contributed by atoms with Crippen molar-refractivity contribution in [3.05, 3.63) is 12.7 Å². The summed E-state index contributed by atoms with van der Waals surface area (Å²) in [7, 11) is -0.488. The fourth-order valence-electron chi connectivity index (χ4n) is 0.877. The summed E-state index contributed by atoms with van der Waals surface area (Å²) in [5.41, 5.74) is -3.35. The summed E-state index contributed by atoms with van der Waals surface area (Å²) >= 11 is 0. The highest BCUT2D eigenvalue weighted by Crippen LogP contribution is 2.27. The molecule has 0 radical (unpaired) electrons. The summed E-state index contributed by atoms with van der Waals surface area (Å²) in [5.74, 6) is -1.28. The standard InChI is InChI=1S/C7H16.C5H5F2OP.H2O/c1-3-5-7-6-4-2;1-3-4(8)5(6,7)9-2;/h3-7H2,1-2H3;3H,1-2H2;1H2. The van der Waals surface area contributed by atoms with Crippen molar-refractivity contribution in [3.63, 3.8) is 0 Å². The lowest BCUT2D eigenvalue weighted by molar-refractivity contribution is -0.127. The zero-order valence-electron chi connectivity index (χ0n) is 10.6. The van der Waals surface area contributed by atoms with Gasteiger partial charge in [0.05, 0.1) is 0 Å². The number of unbranched alkanes of at least 4 members (excludes halogenated alkanes) is 4. The predicted molar refractivity (Wildman–Crippen MR) is 72.2 cm³/mol. The Morgan fingerprint density at radius 2 is 1.65 bits per heavy atom. The van der Waals surface area contributed by atoms with Crippen LogP contribution in [0.4, 0.5) is 8.78 Å². The number of allylic oxidation sites excluding steroid dienone is 1. The van der Waals surface area contributed by atoms with Gasteiger partial charge in [-0.15, -0.1) is 0 Å². The van der Waals surface area contributed by atoms with E-state index < -0.39 is 19.7 Å². The Kier molecular flexibility index (Phi) is 17.2. The van der Waals surface area contributed by atoms with Crippen molar-refractivity contribution in [1.82, 2.24) is 0 Å². The Labute approximate surface area is 104 Å². The van der Waals surface area contributed by atoms with E-state index in [1.165, 1.54) is 32.1 Å². The summed E-state index contributed by atoms with van der Waals surface area (Å²) in [6.07, 6.45) is 10.5. The average molecular weight is 268 g/mol. The van der Waals surface area contributed by atoms with E-state index in [0.717, 1.165) is 0 Å². The fraction of sp³-hybridized carbons (Fsp3) is 0.667. The van der Waals surface area contributed by atoms with Crippen molar-refractivity contribution in [2.24, 2.45) is 0 Å². The van der Waals surface area contributed by atoms with Gasteiger partial charge in [0.2, 0.25) is 5.78 Å². The summed E-state index contributed by atoms with van der Waals surface area (Å²) in [4.78, 5) is 10.1. The van der Waals surface area contributed by atoms with Crippen LogP contribution in [-0.2, 0) is 4.79 Å². The first kappa shape index (κ1) is 21.7. The van der Waals surface area contributed by atoms with E-state index in [2.05, 4.69) is 26.7 Å². The van der Waals surface area contributed by atoms with Crippen molar-refractivity contribution >= 4 is 20.3 Å². The first-order valence-electron chi connectivity index (χ1n) is 5.48. The van der Waals surface area contributed by atoms with Gasteiger partial charge in [0.25, 0.3) is 0 Å². The van der Waals surface area contributed by atoms with E-state index >= 15 is 0 Å². The van der Waals surface area contributed by atoms with E-state index in [0.29, 0.717) is 6.08 Å². The molecule has 0 aliphatic rings. The van der Waals surface area contributed by atoms with Crippen LogP contribution >= 0.6 is 8.20 Å². The molecular weight excluding hydrogens is 245 g/mol. The zero-order chi connectivity index (χ0) is 13.0. The zero-order valence-corrected chi connectivity index (χ0v) is 11.5. The molecule has 2 nitrogen and oxygen atoms in total. The van der Waals surface area contributed by atoms with Crippen molar-refractivity contribution in [1.29, 1.82) is 0 Å². The van der Waals surface area contributed by atoms with Gasteiger partial charge in [0, 0.05) is 0 Å². The maximum absolute atomic E-state index is 12.1. The molecule has 0 aromatic rings. The normalized spacial score (nSPS) is 9.88. The molecule has 0 rings (SSSR count). The van der Waals surface area contributed by atoms with E-state index in [4.69, 9.17) is 0 Å². The minimum atomic E-state index is -3.35. The van der Waals surface area contributed by atoms with Gasteiger partial charge in [0.1, 0.15) is 0 Å². The van der Waals surface area contributed by atoms with Gasteiger partial charge in [-0.05, 0) is 14.3 Å². The molecule has 0 saturated carbocycles. The SMILES string of the molecule is C=CC(=O)C(F)(F)P=C.CCCCCCC.O. The van der Waals surface area contributed by atoms with Crippen LogP contribution in [0.15, 0.2) is 12.7 Å². The number of rotatable bonds is 7. The van der Waals surface area contributed by atoms with Crippen molar-refractivity contribution in [2.75, 3.05) is 0 Å². The second kappa shape index (κ2) is 13.5. The molecule has 0 spiro atoms. The molecule has 0 atom stereocenters. The number of hydrogen-bond acceptors (Lipinski definition) is 1. The van der Waals surface area contributed by atoms with Crippen LogP contribution in [0.2, 0.25) is 0 Å². The molecule has 0 aliphatic heterocycles. The number of halogens is 2. The van der Waals surface area contributed by atoms with Crippen LogP contribution in [0.25, 0.3) is 0 Å². The Bertz CT molecular complexity index is 215. The van der Waals surface area contributed by atoms with Gasteiger partial charge in [-0.1, -0.05) is 58.8 Å². The maximum atomic E-state index is 12.1. The second-order valence-corrected chi connectivity index (χ2v) is 4.21. The number of hydrogen-bond donors (Lipinski definition) is 0. The molecule has 0 aliphatic carbocycles. The van der Waals surface area contributed by atoms with E-state index in [9.17, 15) is 13.6 Å². The fourth-order valence-corrected chi connectivity index (χ4v) is 1.12. The summed E-state index contributed by atoms with van der Waals surface area (Å²) in [6, 6.07) is 0. The largest absolute Gasteiger partial charge is 0.412 e. The number of carbonyl (C=O) groups excluding carboxylic acids is 1. The Hall–Kier alpha value is -0.600. The molecule has 17 heavy (non-hydrogen) atoms. The first-order chi connectivity index (χ1) is 7.46. The smallest absolute Gasteiger partial charge is 0.347 e. The third-order valence-electron chi connectivity index (χ3n) is 1.89. The molecule has 0 fully saturated rings. The second-order valence-electron chi connectivity index (χ2n) is 3.33. The van der Waals surface area contributed by atoms with Crippen molar-refractivity contribution < 1.29 is 19.1 Å². The third-order valence-corrected chi connectivity index (χ3v) is 2.51. The maximum Gasteiger partial charge on any atom is 0.347 e. The predicted octanol–water partition coefficient (Wildman–Crippen LogP) is 3.86. The molecule has 0 heterocycles. The summed E-state index contributed by atoms with van der Waals surface area (Å²) < 4.78 is 24.1. The van der Waals surface area contributed by atoms with Crippen LogP contribution < -0.4 is 0 Å². The van der Waals surface area contributed by atoms with Crippen LogP contribution in [0, 0.1) is 0 Å². The van der Waals surface area contributed by atoms with Crippen molar-refractivity contribution in [2.45, 2.75) is 51.6 Å². The molecular formula is C12H23F2O2P.